The van der Waals surface area contributed by atoms with Crippen LogP contribution in [0.4, 0.5) is 0 Å². The number of nitrogens with one attached hydrogen (secondary N) is 1. The van der Waals surface area contributed by atoms with Gasteiger partial charge in [-0.2, -0.15) is 0 Å². The van der Waals surface area contributed by atoms with Crippen molar-refractivity contribution < 1.29 is 0 Å². The van der Waals surface area contributed by atoms with Gasteiger partial charge >= 0.3 is 0 Å². The van der Waals surface area contributed by atoms with Crippen molar-refractivity contribution in [3.8, 4) is 9.88 Å². The molecule has 2 atom stereocenters. The molecule has 5 rings (SSSR count). The van der Waals surface area contributed by atoms with Gasteiger partial charge < -0.3 is 5.32 Å². The Morgan fingerprint density at radius 1 is 1.06 bits per heavy atom. The van der Waals surface area contributed by atoms with Gasteiger partial charge in [-0.1, -0.05) is 51.5 Å². The first-order chi connectivity index (χ1) is 16.6. The second-order valence-electron chi connectivity index (χ2n) is 9.29. The van der Waals surface area contributed by atoms with E-state index in [1.807, 2.05) is 29.1 Å². The third-order valence-electron chi connectivity index (χ3n) is 6.10. The van der Waals surface area contributed by atoms with E-state index in [0.29, 0.717) is 0 Å². The summed E-state index contributed by atoms with van der Waals surface area (Å²) < 4.78 is 0. The van der Waals surface area contributed by atoms with Crippen molar-refractivity contribution >= 4 is 56.9 Å². The first kappa shape index (κ1) is 23.9. The van der Waals surface area contributed by atoms with E-state index in [1.165, 1.54) is 40.3 Å². The molecule has 1 aliphatic carbocycles. The fraction of sp³-hybridized carbons (Fsp3) is 0.407. The number of hydrogen-bond acceptors (Lipinski definition) is 7. The molecule has 0 spiro atoms. The van der Waals surface area contributed by atoms with Gasteiger partial charge in [0, 0.05) is 22.7 Å². The number of rotatable bonds is 10. The van der Waals surface area contributed by atoms with Crippen LogP contribution < -0.4 is 5.32 Å². The highest BCUT2D eigenvalue weighted by atomic mass is 32.2. The topological polar surface area (TPSA) is 37.8 Å². The normalized spacial score (nSPS) is 17.6. The van der Waals surface area contributed by atoms with Crippen molar-refractivity contribution in [2.24, 2.45) is 11.8 Å². The van der Waals surface area contributed by atoms with Gasteiger partial charge in [0.05, 0.1) is 20.9 Å². The number of hydrogen-bond donors (Lipinski definition) is 1. The maximum absolute atomic E-state index is 5.12. The van der Waals surface area contributed by atoms with E-state index in [1.54, 1.807) is 34.4 Å². The lowest BCUT2D eigenvalue weighted by atomic mass is 9.96. The molecule has 34 heavy (non-hydrogen) atoms. The Balaban J connectivity index is 1.34. The summed E-state index contributed by atoms with van der Waals surface area (Å²) in [5.74, 6) is 1.60. The van der Waals surface area contributed by atoms with Crippen molar-refractivity contribution in [2.75, 3.05) is 0 Å². The monoisotopic (exact) mass is 523 g/mol. The molecule has 0 saturated carbocycles. The Labute approximate surface area is 218 Å². The highest BCUT2D eigenvalue weighted by Crippen LogP contribution is 2.44. The van der Waals surface area contributed by atoms with Crippen LogP contribution in [-0.4, -0.2) is 15.3 Å². The van der Waals surface area contributed by atoms with E-state index < -0.39 is 0 Å². The Morgan fingerprint density at radius 3 is 2.74 bits per heavy atom. The van der Waals surface area contributed by atoms with Crippen LogP contribution in [0.3, 0.4) is 0 Å². The molecule has 176 valence electrons. The molecule has 3 aromatic rings. The van der Waals surface area contributed by atoms with E-state index in [0.717, 1.165) is 45.1 Å². The van der Waals surface area contributed by atoms with Gasteiger partial charge in [-0.3, -0.25) is 0 Å². The molecule has 0 bridgehead atoms. The van der Waals surface area contributed by atoms with E-state index in [-0.39, 0.29) is 5.37 Å². The van der Waals surface area contributed by atoms with Crippen molar-refractivity contribution in [2.45, 2.75) is 58.2 Å². The number of thiophene rings is 1. The summed E-state index contributed by atoms with van der Waals surface area (Å²) in [5.41, 5.74) is 9.88. The number of nitrogens with zero attached hydrogens (tertiary/aromatic N) is 2. The number of aromatic nitrogens is 2. The quantitative estimate of drug-likeness (QED) is 0.271. The zero-order chi connectivity index (χ0) is 23.5. The maximum atomic E-state index is 5.12. The molecule has 3 nitrogen and oxygen atoms in total. The van der Waals surface area contributed by atoms with E-state index in [2.05, 4.69) is 60.1 Å². The lowest BCUT2D eigenvalue weighted by Crippen LogP contribution is -2.18. The van der Waals surface area contributed by atoms with Gasteiger partial charge in [-0.15, -0.1) is 45.8 Å². The van der Waals surface area contributed by atoms with Gasteiger partial charge in [0.1, 0.15) is 21.1 Å². The fourth-order valence-electron chi connectivity index (χ4n) is 4.18. The minimum Gasteiger partial charge on any atom is -0.374 e. The molecule has 3 aromatic heterocycles. The van der Waals surface area contributed by atoms with E-state index >= 15 is 0 Å². The molecular formula is C27H29N3S4. The molecule has 0 fully saturated rings. The van der Waals surface area contributed by atoms with Crippen LogP contribution in [-0.2, 0) is 6.42 Å². The number of thiazole rings is 2. The molecule has 0 amide bonds. The minimum absolute atomic E-state index is 0.161. The van der Waals surface area contributed by atoms with Crippen molar-refractivity contribution in [3.05, 3.63) is 67.2 Å². The van der Waals surface area contributed by atoms with Gasteiger partial charge in [0.2, 0.25) is 0 Å². The summed E-state index contributed by atoms with van der Waals surface area (Å²) in [6, 6.07) is 4.55. The number of aryl methyl sites for hydroxylation is 1. The summed E-state index contributed by atoms with van der Waals surface area (Å²) in [6.45, 7) is 7.04. The largest absolute Gasteiger partial charge is 0.374 e. The fourth-order valence-corrected chi connectivity index (χ4v) is 7.86. The molecule has 0 aromatic carbocycles. The smallest absolute Gasteiger partial charge is 0.134 e. The molecule has 4 heterocycles. The Kier molecular flexibility index (Phi) is 7.60. The van der Waals surface area contributed by atoms with Crippen LogP contribution in [0.2, 0.25) is 0 Å². The van der Waals surface area contributed by atoms with Crippen LogP contribution in [0, 0.1) is 11.8 Å². The third kappa shape index (κ3) is 5.36. The first-order valence-corrected chi connectivity index (χ1v) is 15.4. The van der Waals surface area contributed by atoms with Crippen molar-refractivity contribution in [3.63, 3.8) is 0 Å². The highest BCUT2D eigenvalue weighted by Gasteiger charge is 2.29. The van der Waals surface area contributed by atoms with E-state index in [4.69, 9.17) is 4.98 Å². The lowest BCUT2D eigenvalue weighted by molar-refractivity contribution is 0.438. The zero-order valence-corrected chi connectivity index (χ0v) is 23.0. The zero-order valence-electron chi connectivity index (χ0n) is 19.8. The Bertz CT molecular complexity index is 1260. The van der Waals surface area contributed by atoms with Gasteiger partial charge in [0.25, 0.3) is 0 Å². The second kappa shape index (κ2) is 10.8. The summed E-state index contributed by atoms with van der Waals surface area (Å²) in [6.07, 6.45) is 10.3. The molecule has 2 unspecified atom stereocenters. The molecule has 1 aliphatic heterocycles. The summed E-state index contributed by atoms with van der Waals surface area (Å²) in [7, 11) is 0. The predicted molar refractivity (Wildman–Crippen MR) is 150 cm³/mol. The molecule has 2 aliphatic rings. The molecule has 1 N–H and O–H groups in total. The second-order valence-corrected chi connectivity index (χ2v) is 13.4. The predicted octanol–water partition coefficient (Wildman–Crippen LogP) is 8.44. The van der Waals surface area contributed by atoms with Crippen LogP contribution in [0.1, 0.15) is 66.9 Å². The number of thioether (sulfide) groups is 1. The van der Waals surface area contributed by atoms with Crippen molar-refractivity contribution in [1.82, 2.24) is 15.3 Å². The van der Waals surface area contributed by atoms with Crippen molar-refractivity contribution in [1.29, 1.82) is 0 Å². The van der Waals surface area contributed by atoms with Crippen LogP contribution in [0.25, 0.3) is 21.0 Å². The minimum atomic E-state index is 0.161. The van der Waals surface area contributed by atoms with Gasteiger partial charge in [0.15, 0.2) is 0 Å². The van der Waals surface area contributed by atoms with Crippen LogP contribution >= 0.6 is 45.8 Å². The standard InChI is InChI=1S/C27H29N3S4/c1-17(2)5-4-6-18(3)7-8-19-9-12-22(33-19)27-30-23-20(25-28-13-15-31-25)10-11-21(24(23)34-27)26-29-14-16-32-26/h9,12-18,26,29H,4-8H2,1-3H3. The first-order valence-electron chi connectivity index (χ1n) is 11.9. The molecular weight excluding hydrogens is 495 g/mol. The third-order valence-corrected chi connectivity index (χ3v) is 10.2. The Morgan fingerprint density at radius 2 is 1.97 bits per heavy atom. The van der Waals surface area contributed by atoms with E-state index in [9.17, 15) is 0 Å². The van der Waals surface area contributed by atoms with Gasteiger partial charge in [-0.05, 0) is 42.2 Å². The molecule has 7 heteroatoms. The summed E-state index contributed by atoms with van der Waals surface area (Å²) in [4.78, 5) is 13.5. The highest BCUT2D eigenvalue weighted by molar-refractivity contribution is 8.03. The SMILES string of the molecule is CC(C)CCCC(C)CCc1ccc(-c2nc3c(s2)C(C2NC=CS2)=C=C=C3c2nccs2)s1. The van der Waals surface area contributed by atoms with Crippen LogP contribution in [0.5, 0.6) is 0 Å². The maximum Gasteiger partial charge on any atom is 0.134 e. The van der Waals surface area contributed by atoms with Crippen LogP contribution in [0.15, 0.2) is 46.8 Å². The molecule has 0 saturated heterocycles. The lowest BCUT2D eigenvalue weighted by Gasteiger charge is -2.14. The summed E-state index contributed by atoms with van der Waals surface area (Å²) in [5, 5.41) is 9.71. The Hall–Kier alpha value is -1.85. The average Bonchev–Trinajstić information content (AvgIpc) is 3.62. The number of fused-ring (bicyclic) bond motifs is 1. The summed E-state index contributed by atoms with van der Waals surface area (Å²) >= 11 is 7.06. The van der Waals surface area contributed by atoms with Gasteiger partial charge in [-0.25, -0.2) is 9.97 Å². The average molecular weight is 524 g/mol. The molecule has 0 radical (unpaired) electrons.